The summed E-state index contributed by atoms with van der Waals surface area (Å²) in [6.45, 7) is 0. The number of nitrogens with one attached hydrogen (secondary N) is 2. The van der Waals surface area contributed by atoms with Gasteiger partial charge in [-0.05, 0) is 69.1 Å². The van der Waals surface area contributed by atoms with E-state index >= 15 is 0 Å². The molecular weight excluding hydrogens is 370 g/mol. The van der Waals surface area contributed by atoms with E-state index in [1.807, 2.05) is 0 Å². The van der Waals surface area contributed by atoms with E-state index in [-0.39, 0.29) is 23.1 Å². The van der Waals surface area contributed by atoms with Crippen LogP contribution in [0.25, 0.3) is 0 Å². The normalized spacial score (nSPS) is 35.7. The molecule has 4 heteroatoms. The van der Waals surface area contributed by atoms with Crippen molar-refractivity contribution in [1.29, 1.82) is 5.26 Å². The van der Waals surface area contributed by atoms with Gasteiger partial charge in [0, 0.05) is 17.8 Å². The molecule has 5 aliphatic rings. The number of nitriles is 1. The smallest absolute Gasteiger partial charge is 0.263 e. The van der Waals surface area contributed by atoms with Crippen molar-refractivity contribution in [2.45, 2.75) is 121 Å². The summed E-state index contributed by atoms with van der Waals surface area (Å²) in [6.07, 6.45) is 23.3. The zero-order valence-electron chi connectivity index (χ0n) is 18.8. The summed E-state index contributed by atoms with van der Waals surface area (Å²) in [5.41, 5.74) is 0.404. The average molecular weight is 412 g/mol. The van der Waals surface area contributed by atoms with E-state index in [2.05, 4.69) is 16.7 Å². The number of hydrogen-bond acceptors (Lipinski definition) is 3. The van der Waals surface area contributed by atoms with Crippen LogP contribution < -0.4 is 10.6 Å². The Morgan fingerprint density at radius 1 is 0.800 bits per heavy atom. The van der Waals surface area contributed by atoms with Crippen molar-refractivity contribution in [1.82, 2.24) is 10.6 Å². The fourth-order valence-corrected chi connectivity index (χ4v) is 7.23. The molecule has 0 aromatic carbocycles. The predicted molar refractivity (Wildman–Crippen MR) is 120 cm³/mol. The van der Waals surface area contributed by atoms with Gasteiger partial charge in [0.15, 0.2) is 0 Å². The number of carbonyl (C=O) groups excluding carboxylic acids is 1. The third-order valence-electron chi connectivity index (χ3n) is 8.37. The van der Waals surface area contributed by atoms with E-state index in [1.165, 1.54) is 96.3 Å². The van der Waals surface area contributed by atoms with Gasteiger partial charge in [0.2, 0.25) is 0 Å². The first-order valence-electron chi connectivity index (χ1n) is 12.8. The molecule has 5 fully saturated rings. The lowest BCUT2D eigenvalue weighted by atomic mass is 9.53. The Kier molecular flexibility index (Phi) is 7.39. The lowest BCUT2D eigenvalue weighted by molar-refractivity contribution is -0.117. The Hall–Kier alpha value is -1.50. The minimum Gasteiger partial charge on any atom is -0.384 e. The highest BCUT2D eigenvalue weighted by atomic mass is 16.1. The Labute approximate surface area is 183 Å². The van der Waals surface area contributed by atoms with Crippen LogP contribution in [0.2, 0.25) is 0 Å². The van der Waals surface area contributed by atoms with E-state index < -0.39 is 0 Å². The van der Waals surface area contributed by atoms with Crippen LogP contribution in [0.4, 0.5) is 0 Å². The van der Waals surface area contributed by atoms with E-state index in [0.717, 1.165) is 30.6 Å². The molecule has 5 aliphatic carbocycles. The molecular formula is C26H41N3O. The van der Waals surface area contributed by atoms with Gasteiger partial charge in [-0.1, -0.05) is 57.8 Å². The zero-order chi connectivity index (χ0) is 20.8. The van der Waals surface area contributed by atoms with Crippen molar-refractivity contribution < 1.29 is 4.79 Å². The highest BCUT2D eigenvalue weighted by molar-refractivity contribution is 5.97. The number of rotatable bonds is 4. The fraction of sp³-hybridized carbons (Fsp3) is 0.846. The molecule has 2 N–H and O–H groups in total. The van der Waals surface area contributed by atoms with E-state index in [0.29, 0.717) is 0 Å². The molecule has 1 amide bonds. The van der Waals surface area contributed by atoms with E-state index in [1.54, 1.807) is 6.20 Å². The van der Waals surface area contributed by atoms with E-state index in [9.17, 15) is 10.1 Å². The summed E-state index contributed by atoms with van der Waals surface area (Å²) in [5, 5.41) is 16.5. The largest absolute Gasteiger partial charge is 0.384 e. The molecule has 0 radical (unpaired) electrons. The molecule has 0 heterocycles. The fourth-order valence-electron chi connectivity index (χ4n) is 7.23. The maximum atomic E-state index is 12.9. The first kappa shape index (κ1) is 21.7. The molecule has 0 aliphatic heterocycles. The molecule has 0 aromatic rings. The van der Waals surface area contributed by atoms with Crippen LogP contribution in [0.3, 0.4) is 0 Å². The number of amides is 1. The van der Waals surface area contributed by atoms with Gasteiger partial charge in [0.1, 0.15) is 11.6 Å². The summed E-state index contributed by atoms with van der Waals surface area (Å²) in [4.78, 5) is 12.9. The van der Waals surface area contributed by atoms with Crippen LogP contribution in [0, 0.1) is 29.1 Å². The van der Waals surface area contributed by atoms with E-state index in [4.69, 9.17) is 0 Å². The average Bonchev–Trinajstić information content (AvgIpc) is 2.69. The minimum atomic E-state index is -0.174. The highest BCUT2D eigenvalue weighted by Gasteiger charge is 2.50. The molecule has 30 heavy (non-hydrogen) atoms. The van der Waals surface area contributed by atoms with Crippen molar-refractivity contribution in [2.24, 2.45) is 17.8 Å². The van der Waals surface area contributed by atoms with Crippen molar-refractivity contribution in [3.05, 3.63) is 11.8 Å². The van der Waals surface area contributed by atoms with Crippen molar-refractivity contribution in [3.63, 3.8) is 0 Å². The highest BCUT2D eigenvalue weighted by Crippen LogP contribution is 2.55. The first-order valence-corrected chi connectivity index (χ1v) is 12.8. The van der Waals surface area contributed by atoms with Gasteiger partial charge in [-0.2, -0.15) is 5.26 Å². The molecule has 0 unspecified atom stereocenters. The molecule has 0 aromatic heterocycles. The van der Waals surface area contributed by atoms with Crippen LogP contribution in [0.15, 0.2) is 11.8 Å². The zero-order valence-corrected chi connectivity index (χ0v) is 18.8. The molecule has 5 rings (SSSR count). The second-order valence-electron chi connectivity index (χ2n) is 10.9. The molecule has 0 spiro atoms. The SMILES string of the molecule is N#C/C(=C/NC12CC3CC(CC(C3)C1)C2)C(=O)NC1CCCCCCCCCCC1. The van der Waals surface area contributed by atoms with Crippen LogP contribution in [0.5, 0.6) is 0 Å². The standard InChI is InChI=1S/C26H41N3O/c27-18-23(19-28-26-15-20-12-21(16-26)14-22(13-20)17-26)25(30)29-24-10-8-6-4-2-1-3-5-7-9-11-24/h19-22,24,28H,1-17H2,(H,29,30)/b23-19-. The molecule has 5 saturated carbocycles. The van der Waals surface area contributed by atoms with Crippen LogP contribution in [-0.2, 0) is 4.79 Å². The minimum absolute atomic E-state index is 0.143. The molecule has 0 saturated heterocycles. The van der Waals surface area contributed by atoms with Crippen LogP contribution in [-0.4, -0.2) is 17.5 Å². The maximum Gasteiger partial charge on any atom is 0.263 e. The lowest BCUT2D eigenvalue weighted by Gasteiger charge is -2.56. The topological polar surface area (TPSA) is 64.9 Å². The number of nitrogens with zero attached hydrogens (tertiary/aromatic N) is 1. The molecule has 0 atom stereocenters. The van der Waals surface area contributed by atoms with Gasteiger partial charge < -0.3 is 10.6 Å². The first-order chi connectivity index (χ1) is 14.7. The summed E-state index contributed by atoms with van der Waals surface area (Å²) >= 11 is 0. The third kappa shape index (κ3) is 5.59. The second kappa shape index (κ2) is 10.2. The predicted octanol–water partition coefficient (Wildman–Crippen LogP) is 5.74. The Morgan fingerprint density at radius 3 is 1.73 bits per heavy atom. The van der Waals surface area contributed by atoms with Crippen molar-refractivity contribution in [3.8, 4) is 6.07 Å². The van der Waals surface area contributed by atoms with Crippen LogP contribution >= 0.6 is 0 Å². The molecule has 166 valence electrons. The van der Waals surface area contributed by atoms with Crippen molar-refractivity contribution >= 4 is 5.91 Å². The Balaban J connectivity index is 1.33. The van der Waals surface area contributed by atoms with Crippen LogP contribution in [0.1, 0.15) is 109 Å². The molecule has 4 nitrogen and oxygen atoms in total. The van der Waals surface area contributed by atoms with Gasteiger partial charge in [0.25, 0.3) is 5.91 Å². The second-order valence-corrected chi connectivity index (χ2v) is 10.9. The Bertz CT molecular complexity index is 614. The monoisotopic (exact) mass is 411 g/mol. The summed E-state index contributed by atoms with van der Waals surface area (Å²) in [5.74, 6) is 2.39. The van der Waals surface area contributed by atoms with Crippen molar-refractivity contribution in [2.75, 3.05) is 0 Å². The molecule has 4 bridgehead atoms. The van der Waals surface area contributed by atoms with Gasteiger partial charge in [0.05, 0.1) is 0 Å². The number of carbonyl (C=O) groups is 1. The van der Waals surface area contributed by atoms with Gasteiger partial charge >= 0.3 is 0 Å². The third-order valence-corrected chi connectivity index (χ3v) is 8.37. The van der Waals surface area contributed by atoms with Gasteiger partial charge in [-0.15, -0.1) is 0 Å². The van der Waals surface area contributed by atoms with Gasteiger partial charge in [-0.25, -0.2) is 0 Å². The Morgan fingerprint density at radius 2 is 1.27 bits per heavy atom. The number of hydrogen-bond donors (Lipinski definition) is 2. The van der Waals surface area contributed by atoms with Gasteiger partial charge in [-0.3, -0.25) is 4.79 Å². The summed E-state index contributed by atoms with van der Waals surface area (Å²) in [6, 6.07) is 2.40. The quantitative estimate of drug-likeness (QED) is 0.458. The summed E-state index contributed by atoms with van der Waals surface area (Å²) < 4.78 is 0. The maximum absolute atomic E-state index is 12.9. The lowest BCUT2D eigenvalue weighted by Crippen LogP contribution is -2.57. The summed E-state index contributed by atoms with van der Waals surface area (Å²) in [7, 11) is 0.